The first kappa shape index (κ1) is 17.8. The molecule has 5 heteroatoms. The van der Waals surface area contributed by atoms with E-state index in [-0.39, 0.29) is 29.7 Å². The van der Waals surface area contributed by atoms with Gasteiger partial charge in [0.2, 0.25) is 5.52 Å². The maximum Gasteiger partial charge on any atom is 0.262 e. The Morgan fingerprint density at radius 2 is 1.92 bits per heavy atom. The normalized spacial score (nSPS) is 11.3. The van der Waals surface area contributed by atoms with Crippen LogP contribution in [0.1, 0.15) is 16.1 Å². The molecule has 0 saturated carbocycles. The highest BCUT2D eigenvalue weighted by Crippen LogP contribution is 2.31. The summed E-state index contributed by atoms with van der Waals surface area (Å²) in [5.41, 5.74) is 3.76. The summed E-state index contributed by atoms with van der Waals surface area (Å²) in [6.45, 7) is 2.04. The molecule has 0 saturated heterocycles. The van der Waals surface area contributed by atoms with Gasteiger partial charge in [-0.1, -0.05) is 29.5 Å². The number of halogens is 1. The Balaban J connectivity index is 0.00000182. The zero-order chi connectivity index (χ0) is 16.7. The Labute approximate surface area is 167 Å². The number of benzene rings is 2. The zero-order valence-electron chi connectivity index (χ0n) is 13.9. The Morgan fingerprint density at radius 1 is 1.12 bits per heavy atom. The number of aryl methyl sites for hydroxylation is 2. The highest BCUT2D eigenvalue weighted by molar-refractivity contribution is 7.18. The van der Waals surface area contributed by atoms with Gasteiger partial charge >= 0.3 is 0 Å². The van der Waals surface area contributed by atoms with Crippen LogP contribution >= 0.6 is 11.3 Å². The van der Waals surface area contributed by atoms with E-state index in [1.807, 2.05) is 43.3 Å². The summed E-state index contributed by atoms with van der Waals surface area (Å²) >= 11 is 1.74. The molecule has 0 aliphatic heterocycles. The first-order chi connectivity index (χ1) is 11.6. The predicted molar refractivity (Wildman–Crippen MR) is 100 cm³/mol. The van der Waals surface area contributed by atoms with Gasteiger partial charge in [0.1, 0.15) is 23.0 Å². The first-order valence-corrected chi connectivity index (χ1v) is 8.60. The molecule has 0 atom stereocenters. The van der Waals surface area contributed by atoms with E-state index in [1.165, 1.54) is 10.2 Å². The smallest absolute Gasteiger partial charge is 0.262 e. The number of aromatic hydroxyl groups is 1. The van der Waals surface area contributed by atoms with Crippen molar-refractivity contribution in [1.29, 1.82) is 0 Å². The van der Waals surface area contributed by atoms with E-state index in [0.29, 0.717) is 5.52 Å². The van der Waals surface area contributed by atoms with Gasteiger partial charge < -0.3 is 29.1 Å². The van der Waals surface area contributed by atoms with Gasteiger partial charge in [0.25, 0.3) is 5.01 Å². The molecule has 0 amide bonds. The van der Waals surface area contributed by atoms with E-state index >= 15 is 0 Å². The zero-order valence-corrected chi connectivity index (χ0v) is 16.9. The fourth-order valence-electron chi connectivity index (χ4n) is 2.98. The summed E-state index contributed by atoms with van der Waals surface area (Å²) in [7, 11) is 2.06. The number of nitrogens with zero attached hydrogens (tertiary/aromatic N) is 2. The van der Waals surface area contributed by atoms with Crippen molar-refractivity contribution in [3.05, 3.63) is 64.8 Å². The fourth-order valence-corrected chi connectivity index (χ4v) is 4.04. The molecule has 0 unspecified atom stereocenters. The van der Waals surface area contributed by atoms with Crippen LogP contribution in [0.15, 0.2) is 48.7 Å². The van der Waals surface area contributed by atoms with Crippen molar-refractivity contribution in [3.63, 3.8) is 0 Å². The van der Waals surface area contributed by atoms with Crippen LogP contribution in [0.5, 0.6) is 5.75 Å². The molecule has 0 radical (unpaired) electrons. The van der Waals surface area contributed by atoms with Crippen molar-refractivity contribution >= 4 is 44.6 Å². The topological polar surface area (TPSA) is 37.0 Å². The molecular formula is C20H17IN2OS. The van der Waals surface area contributed by atoms with Crippen LogP contribution in [-0.2, 0) is 7.05 Å². The molecule has 4 rings (SSSR count). The molecule has 0 spiro atoms. The number of fused-ring (bicyclic) bond motifs is 2. The third-order valence-electron chi connectivity index (χ3n) is 4.28. The van der Waals surface area contributed by atoms with Gasteiger partial charge in [-0.25, -0.2) is 0 Å². The third kappa shape index (κ3) is 3.14. The monoisotopic (exact) mass is 460 g/mol. The highest BCUT2D eigenvalue weighted by atomic mass is 127. The highest BCUT2D eigenvalue weighted by Gasteiger charge is 2.14. The molecule has 0 aliphatic carbocycles. The molecule has 2 aromatic carbocycles. The number of rotatable bonds is 2. The molecule has 1 N–H and O–H groups in total. The number of hydrogen-bond acceptors (Lipinski definition) is 3. The lowest BCUT2D eigenvalue weighted by molar-refractivity contribution is -0.642. The lowest BCUT2D eigenvalue weighted by Gasteiger charge is -2.06. The summed E-state index contributed by atoms with van der Waals surface area (Å²) in [4.78, 5) is 4.32. The number of para-hydroxylation sites is 1. The van der Waals surface area contributed by atoms with Gasteiger partial charge in [0, 0.05) is 29.3 Å². The molecular weight excluding hydrogens is 443 g/mol. The van der Waals surface area contributed by atoms with E-state index in [2.05, 4.69) is 34.8 Å². The molecule has 0 aliphatic rings. The molecule has 0 bridgehead atoms. The van der Waals surface area contributed by atoms with E-state index in [1.54, 1.807) is 17.5 Å². The number of phenolic OH excluding ortho intramolecular Hbond substituents is 1. The third-order valence-corrected chi connectivity index (χ3v) is 5.46. The number of phenols is 1. The average Bonchev–Trinajstić information content (AvgIpc) is 2.93. The molecule has 2 aromatic heterocycles. The van der Waals surface area contributed by atoms with Crippen LogP contribution in [0.3, 0.4) is 0 Å². The van der Waals surface area contributed by atoms with Gasteiger partial charge in [-0.05, 0) is 36.8 Å². The van der Waals surface area contributed by atoms with Crippen molar-refractivity contribution in [2.75, 3.05) is 0 Å². The van der Waals surface area contributed by atoms with Crippen molar-refractivity contribution < 1.29 is 33.7 Å². The van der Waals surface area contributed by atoms with E-state index in [0.717, 1.165) is 21.5 Å². The summed E-state index contributed by atoms with van der Waals surface area (Å²) in [5.74, 6) is 0.233. The van der Waals surface area contributed by atoms with Crippen molar-refractivity contribution in [2.24, 2.45) is 7.05 Å². The van der Waals surface area contributed by atoms with E-state index < -0.39 is 0 Å². The molecule has 2 heterocycles. The van der Waals surface area contributed by atoms with Crippen LogP contribution < -0.4 is 28.5 Å². The van der Waals surface area contributed by atoms with Gasteiger partial charge in [0.05, 0.1) is 0 Å². The lowest BCUT2D eigenvalue weighted by atomic mass is 10.0. The largest absolute Gasteiger partial charge is 1.00 e. The average molecular weight is 460 g/mol. The fraction of sp³-hybridized carbons (Fsp3) is 0.100. The van der Waals surface area contributed by atoms with Crippen molar-refractivity contribution in [3.8, 4) is 5.75 Å². The molecule has 25 heavy (non-hydrogen) atoms. The van der Waals surface area contributed by atoms with Crippen molar-refractivity contribution in [2.45, 2.75) is 6.92 Å². The SMILES string of the molecule is Cc1cc(/C=C\c2sc3ccccc3[n+]2C)c(O)c2ncccc12.[I-]. The van der Waals surface area contributed by atoms with E-state index in [4.69, 9.17) is 0 Å². The van der Waals surface area contributed by atoms with Crippen molar-refractivity contribution in [1.82, 2.24) is 4.98 Å². The van der Waals surface area contributed by atoms with E-state index in [9.17, 15) is 5.11 Å². The Hall–Kier alpha value is -1.99. The van der Waals surface area contributed by atoms with Gasteiger partial charge in [-0.3, -0.25) is 4.98 Å². The molecule has 3 nitrogen and oxygen atoms in total. The van der Waals surface area contributed by atoms with Crippen LogP contribution in [0, 0.1) is 6.92 Å². The van der Waals surface area contributed by atoms with Crippen LogP contribution in [0.2, 0.25) is 0 Å². The summed E-state index contributed by atoms with van der Waals surface area (Å²) in [6, 6.07) is 14.2. The Morgan fingerprint density at radius 3 is 2.72 bits per heavy atom. The first-order valence-electron chi connectivity index (χ1n) is 7.78. The van der Waals surface area contributed by atoms with Gasteiger partial charge in [0.15, 0.2) is 0 Å². The number of pyridine rings is 1. The standard InChI is InChI=1S/C20H16N2OS.HI/c1-13-12-14(20(23)19-15(13)6-5-11-21-19)9-10-18-22(2)16-7-3-4-8-17(16)24-18;/h3-12H,1-2H3;1H. The van der Waals surface area contributed by atoms with Crippen LogP contribution in [0.25, 0.3) is 33.3 Å². The molecule has 0 fully saturated rings. The van der Waals surface area contributed by atoms with Crippen LogP contribution in [-0.4, -0.2) is 10.1 Å². The second-order valence-corrected chi connectivity index (χ2v) is 6.89. The predicted octanol–water partition coefficient (Wildman–Crippen LogP) is 1.46. The number of thiazole rings is 1. The summed E-state index contributed by atoms with van der Waals surface area (Å²) < 4.78 is 3.42. The minimum Gasteiger partial charge on any atom is -1.00 e. The Bertz CT molecular complexity index is 1100. The maximum absolute atomic E-state index is 10.5. The van der Waals surface area contributed by atoms with Crippen LogP contribution in [0.4, 0.5) is 0 Å². The Kier molecular flexibility index (Phi) is 5.06. The molecule has 126 valence electrons. The molecule has 4 aromatic rings. The summed E-state index contributed by atoms with van der Waals surface area (Å²) in [5, 5.41) is 12.7. The second-order valence-electron chi connectivity index (χ2n) is 5.83. The minimum atomic E-state index is 0. The lowest BCUT2D eigenvalue weighted by Crippen LogP contribution is -3.00. The van der Waals surface area contributed by atoms with Gasteiger partial charge in [-0.15, -0.1) is 0 Å². The minimum absolute atomic E-state index is 0. The maximum atomic E-state index is 10.5. The number of hydrogen-bond donors (Lipinski definition) is 1. The number of aromatic nitrogens is 2. The summed E-state index contributed by atoms with van der Waals surface area (Å²) in [6.07, 6.45) is 5.72. The quantitative estimate of drug-likeness (QED) is 0.364. The van der Waals surface area contributed by atoms with Gasteiger partial charge in [-0.2, -0.15) is 4.57 Å². The second kappa shape index (κ2) is 7.09.